The first-order chi connectivity index (χ1) is 8.31. The minimum Gasteiger partial charge on any atom is -0.378 e. The van der Waals surface area contributed by atoms with Crippen molar-refractivity contribution >= 4 is 27.3 Å². The average Bonchev–Trinajstić information content (AvgIpc) is 2.76. The molecule has 1 aliphatic heterocycles. The number of thiophene rings is 1. The maximum absolute atomic E-state index is 5.84. The summed E-state index contributed by atoms with van der Waals surface area (Å²) in [6, 6.07) is 0.420. The van der Waals surface area contributed by atoms with Gasteiger partial charge in [0.05, 0.1) is 6.10 Å². The van der Waals surface area contributed by atoms with E-state index in [0.29, 0.717) is 12.1 Å². The van der Waals surface area contributed by atoms with Gasteiger partial charge >= 0.3 is 0 Å². The molecular formula is C13H20BrNOS. The van der Waals surface area contributed by atoms with Crippen LogP contribution in [0.2, 0.25) is 0 Å². The fraction of sp³-hybridized carbons (Fsp3) is 0.692. The molecule has 1 aromatic rings. The summed E-state index contributed by atoms with van der Waals surface area (Å²) < 4.78 is 7.07. The van der Waals surface area contributed by atoms with Gasteiger partial charge in [-0.05, 0) is 59.1 Å². The maximum Gasteiger partial charge on any atom is 0.0593 e. The Balaban J connectivity index is 1.99. The Morgan fingerprint density at radius 1 is 1.53 bits per heavy atom. The Bertz CT molecular complexity index is 336. The van der Waals surface area contributed by atoms with Gasteiger partial charge in [0.15, 0.2) is 0 Å². The van der Waals surface area contributed by atoms with Crippen molar-refractivity contribution in [3.8, 4) is 0 Å². The Kier molecular flexibility index (Phi) is 5.48. The summed E-state index contributed by atoms with van der Waals surface area (Å²) in [6.45, 7) is 4.10. The molecule has 2 nitrogen and oxygen atoms in total. The lowest BCUT2D eigenvalue weighted by Crippen LogP contribution is -2.28. The van der Waals surface area contributed by atoms with Crippen molar-refractivity contribution in [3.63, 3.8) is 0 Å². The monoisotopic (exact) mass is 317 g/mol. The van der Waals surface area contributed by atoms with Gasteiger partial charge < -0.3 is 10.1 Å². The molecule has 0 bridgehead atoms. The first-order valence-electron chi connectivity index (χ1n) is 6.37. The summed E-state index contributed by atoms with van der Waals surface area (Å²) in [6.07, 6.45) is 5.27. The van der Waals surface area contributed by atoms with Gasteiger partial charge in [-0.1, -0.05) is 6.92 Å². The molecule has 17 heavy (non-hydrogen) atoms. The molecule has 1 aromatic heterocycles. The lowest BCUT2D eigenvalue weighted by atomic mass is 9.98. The zero-order valence-corrected chi connectivity index (χ0v) is 12.6. The molecule has 0 spiro atoms. The predicted octanol–water partition coefficient (Wildman–Crippen LogP) is 4.12. The van der Waals surface area contributed by atoms with Gasteiger partial charge in [0, 0.05) is 22.5 Å². The van der Waals surface area contributed by atoms with Crippen LogP contribution in [0.5, 0.6) is 0 Å². The zero-order chi connectivity index (χ0) is 12.1. The van der Waals surface area contributed by atoms with Crippen LogP contribution in [0.4, 0.5) is 0 Å². The van der Waals surface area contributed by atoms with Crippen LogP contribution in [0, 0.1) is 0 Å². The fourth-order valence-corrected chi connectivity index (χ4v) is 3.99. The second-order valence-electron chi connectivity index (χ2n) is 4.51. The molecule has 0 aromatic carbocycles. The zero-order valence-electron chi connectivity index (χ0n) is 10.2. The Hall–Kier alpha value is 0.100. The van der Waals surface area contributed by atoms with Gasteiger partial charge in [-0.25, -0.2) is 0 Å². The molecule has 0 saturated carbocycles. The molecule has 1 aliphatic rings. The molecule has 1 fully saturated rings. The molecule has 1 saturated heterocycles. The van der Waals surface area contributed by atoms with Crippen LogP contribution in [0.15, 0.2) is 15.2 Å². The van der Waals surface area contributed by atoms with E-state index in [1.165, 1.54) is 29.3 Å². The summed E-state index contributed by atoms with van der Waals surface area (Å²) in [5.41, 5.74) is 1.38. The standard InChI is InChI=1S/C13H20BrNOS/c1-2-15-13(11-8-17-9-12(11)14)7-10-5-3-4-6-16-10/h8-10,13,15H,2-7H2,1H3. The van der Waals surface area contributed by atoms with Gasteiger partial charge in [0.1, 0.15) is 0 Å². The fourth-order valence-electron chi connectivity index (χ4n) is 2.36. The number of ether oxygens (including phenoxy) is 1. The summed E-state index contributed by atoms with van der Waals surface area (Å²) in [7, 11) is 0. The van der Waals surface area contributed by atoms with Gasteiger partial charge in [-0.2, -0.15) is 11.3 Å². The molecular weight excluding hydrogens is 298 g/mol. The molecule has 1 N–H and O–H groups in total. The van der Waals surface area contributed by atoms with Crippen LogP contribution < -0.4 is 5.32 Å². The summed E-state index contributed by atoms with van der Waals surface area (Å²) in [4.78, 5) is 0. The second-order valence-corrected chi connectivity index (χ2v) is 6.11. The third-order valence-corrected chi connectivity index (χ3v) is 4.99. The second kappa shape index (κ2) is 6.88. The highest BCUT2D eigenvalue weighted by molar-refractivity contribution is 9.10. The largest absolute Gasteiger partial charge is 0.378 e. The van der Waals surface area contributed by atoms with Crippen LogP contribution in [0.1, 0.15) is 44.2 Å². The van der Waals surface area contributed by atoms with E-state index < -0.39 is 0 Å². The van der Waals surface area contributed by atoms with E-state index in [1.807, 2.05) is 0 Å². The normalized spacial score (nSPS) is 22.6. The molecule has 2 rings (SSSR count). The predicted molar refractivity (Wildman–Crippen MR) is 76.6 cm³/mol. The van der Waals surface area contributed by atoms with E-state index in [-0.39, 0.29) is 0 Å². The number of hydrogen-bond donors (Lipinski definition) is 1. The van der Waals surface area contributed by atoms with E-state index in [0.717, 1.165) is 19.6 Å². The smallest absolute Gasteiger partial charge is 0.0593 e. The summed E-state index contributed by atoms with van der Waals surface area (Å²) in [5, 5.41) is 7.96. The van der Waals surface area contributed by atoms with Gasteiger partial charge in [0.25, 0.3) is 0 Å². The number of rotatable bonds is 5. The van der Waals surface area contributed by atoms with Crippen molar-refractivity contribution < 1.29 is 4.74 Å². The van der Waals surface area contributed by atoms with Crippen molar-refractivity contribution in [3.05, 3.63) is 20.8 Å². The molecule has 0 radical (unpaired) electrons. The number of nitrogens with one attached hydrogen (secondary N) is 1. The van der Waals surface area contributed by atoms with Gasteiger partial charge in [-0.15, -0.1) is 0 Å². The SMILES string of the molecule is CCNC(CC1CCCCO1)c1cscc1Br. The van der Waals surface area contributed by atoms with Crippen LogP contribution >= 0.6 is 27.3 Å². The molecule has 2 unspecified atom stereocenters. The highest BCUT2D eigenvalue weighted by Crippen LogP contribution is 2.32. The van der Waals surface area contributed by atoms with Crippen LogP contribution in [-0.2, 0) is 4.74 Å². The van der Waals surface area contributed by atoms with E-state index in [2.05, 4.69) is 38.9 Å². The van der Waals surface area contributed by atoms with Gasteiger partial charge in [0.2, 0.25) is 0 Å². The van der Waals surface area contributed by atoms with Crippen molar-refractivity contribution in [1.29, 1.82) is 0 Å². The third-order valence-electron chi connectivity index (χ3n) is 3.24. The highest BCUT2D eigenvalue weighted by atomic mass is 79.9. The van der Waals surface area contributed by atoms with E-state index in [1.54, 1.807) is 11.3 Å². The van der Waals surface area contributed by atoms with E-state index in [9.17, 15) is 0 Å². The van der Waals surface area contributed by atoms with Crippen molar-refractivity contribution in [2.45, 2.75) is 44.8 Å². The molecule has 4 heteroatoms. The van der Waals surface area contributed by atoms with Gasteiger partial charge in [-0.3, -0.25) is 0 Å². The van der Waals surface area contributed by atoms with Crippen molar-refractivity contribution in [2.24, 2.45) is 0 Å². The lowest BCUT2D eigenvalue weighted by Gasteiger charge is -2.27. The summed E-state index contributed by atoms with van der Waals surface area (Å²) >= 11 is 5.39. The number of hydrogen-bond acceptors (Lipinski definition) is 3. The highest BCUT2D eigenvalue weighted by Gasteiger charge is 2.21. The Labute approximate surface area is 116 Å². The molecule has 2 heterocycles. The van der Waals surface area contributed by atoms with Crippen LogP contribution in [0.25, 0.3) is 0 Å². The molecule has 96 valence electrons. The summed E-state index contributed by atoms with van der Waals surface area (Å²) in [5.74, 6) is 0. The first kappa shape index (κ1) is 13.5. The van der Waals surface area contributed by atoms with Crippen LogP contribution in [-0.4, -0.2) is 19.3 Å². The first-order valence-corrected chi connectivity index (χ1v) is 8.11. The van der Waals surface area contributed by atoms with Crippen LogP contribution in [0.3, 0.4) is 0 Å². The Morgan fingerprint density at radius 2 is 2.41 bits per heavy atom. The topological polar surface area (TPSA) is 21.3 Å². The Morgan fingerprint density at radius 3 is 3.00 bits per heavy atom. The average molecular weight is 318 g/mol. The minimum absolute atomic E-state index is 0.420. The lowest BCUT2D eigenvalue weighted by molar-refractivity contribution is 0.00512. The molecule has 0 aliphatic carbocycles. The van der Waals surface area contributed by atoms with Crippen molar-refractivity contribution in [1.82, 2.24) is 5.32 Å². The molecule has 0 amide bonds. The maximum atomic E-state index is 5.84. The molecule has 2 atom stereocenters. The number of halogens is 1. The minimum atomic E-state index is 0.420. The third kappa shape index (κ3) is 3.78. The quantitative estimate of drug-likeness (QED) is 0.882. The van der Waals surface area contributed by atoms with Crippen molar-refractivity contribution in [2.75, 3.05) is 13.2 Å². The van der Waals surface area contributed by atoms with E-state index >= 15 is 0 Å². The van der Waals surface area contributed by atoms with E-state index in [4.69, 9.17) is 4.74 Å².